The number of carbonyl (C=O) groups excluding carboxylic acids is 2. The Bertz CT molecular complexity index is 1040. The number of carbonyl (C=O) groups is 2. The van der Waals surface area contributed by atoms with Crippen LogP contribution in [0.3, 0.4) is 0 Å². The summed E-state index contributed by atoms with van der Waals surface area (Å²) in [4.78, 5) is 25.0. The van der Waals surface area contributed by atoms with E-state index in [-0.39, 0.29) is 29.3 Å². The number of allylic oxidation sites excluding steroid dienone is 1. The molecule has 5 rings (SSSR count). The van der Waals surface area contributed by atoms with Gasteiger partial charge in [0.1, 0.15) is 12.7 Å². The molecule has 8 atom stereocenters. The van der Waals surface area contributed by atoms with Crippen LogP contribution in [0.1, 0.15) is 76.1 Å². The van der Waals surface area contributed by atoms with Crippen molar-refractivity contribution in [2.45, 2.75) is 77.9 Å². The van der Waals surface area contributed by atoms with Crippen molar-refractivity contribution in [3.05, 3.63) is 47.0 Å². The first kappa shape index (κ1) is 24.8. The van der Waals surface area contributed by atoms with Crippen LogP contribution in [0.25, 0.3) is 0 Å². The Hall–Kier alpha value is -1.85. The van der Waals surface area contributed by atoms with Crippen LogP contribution in [0.15, 0.2) is 36.4 Å². The lowest BCUT2D eigenvalue weighted by molar-refractivity contribution is -0.232. The summed E-state index contributed by atoms with van der Waals surface area (Å²) in [5.41, 5.74) is 1.02. The summed E-state index contributed by atoms with van der Waals surface area (Å²) in [6.45, 7) is 10.4. The highest BCUT2D eigenvalue weighted by Gasteiger charge is 2.68. The zero-order valence-corrected chi connectivity index (χ0v) is 21.8. The van der Waals surface area contributed by atoms with Crippen molar-refractivity contribution in [3.63, 3.8) is 0 Å². The van der Waals surface area contributed by atoms with Gasteiger partial charge in [0.15, 0.2) is 0 Å². The van der Waals surface area contributed by atoms with Gasteiger partial charge in [-0.05, 0) is 92.4 Å². The van der Waals surface area contributed by atoms with Crippen LogP contribution in [-0.4, -0.2) is 35.9 Å². The van der Waals surface area contributed by atoms with E-state index in [4.69, 9.17) is 21.1 Å². The summed E-state index contributed by atoms with van der Waals surface area (Å²) in [5.74, 6) is 0.225. The van der Waals surface area contributed by atoms with Crippen molar-refractivity contribution in [1.29, 1.82) is 0 Å². The molecule has 4 aliphatic carbocycles. The van der Waals surface area contributed by atoms with Crippen LogP contribution in [0.5, 0.6) is 0 Å². The zero-order chi connectivity index (χ0) is 25.2. The molecule has 0 aliphatic heterocycles. The van der Waals surface area contributed by atoms with E-state index in [1.165, 1.54) is 12.5 Å². The first-order valence-corrected chi connectivity index (χ1v) is 13.3. The molecule has 5 nitrogen and oxygen atoms in total. The number of aliphatic hydroxyl groups is 1. The number of esters is 2. The highest BCUT2D eigenvalue weighted by molar-refractivity contribution is 6.30. The molecule has 0 radical (unpaired) electrons. The number of benzene rings is 1. The van der Waals surface area contributed by atoms with Gasteiger partial charge in [0.2, 0.25) is 0 Å². The molecule has 190 valence electrons. The normalized spacial score (nSPS) is 42.1. The van der Waals surface area contributed by atoms with Gasteiger partial charge in [0, 0.05) is 22.8 Å². The van der Waals surface area contributed by atoms with Gasteiger partial charge in [-0.3, -0.25) is 4.79 Å². The lowest BCUT2D eigenvalue weighted by Crippen LogP contribution is -2.65. The second-order valence-electron chi connectivity index (χ2n) is 12.1. The van der Waals surface area contributed by atoms with Crippen molar-refractivity contribution in [1.82, 2.24) is 0 Å². The molecule has 1 aromatic carbocycles. The molecule has 1 N–H and O–H groups in total. The second-order valence-corrected chi connectivity index (χ2v) is 12.6. The Labute approximate surface area is 213 Å². The third-order valence-electron chi connectivity index (χ3n) is 10.4. The molecule has 4 aliphatic rings. The molecule has 0 heterocycles. The van der Waals surface area contributed by atoms with Crippen LogP contribution in [0, 0.1) is 34.0 Å². The molecule has 4 fully saturated rings. The van der Waals surface area contributed by atoms with Gasteiger partial charge < -0.3 is 14.6 Å². The monoisotopic (exact) mass is 500 g/mol. The topological polar surface area (TPSA) is 72.8 Å². The number of hydrogen-bond acceptors (Lipinski definition) is 5. The van der Waals surface area contributed by atoms with Crippen molar-refractivity contribution < 1.29 is 24.2 Å². The van der Waals surface area contributed by atoms with E-state index in [0.29, 0.717) is 35.3 Å². The Morgan fingerprint density at radius 3 is 2.54 bits per heavy atom. The minimum atomic E-state index is -0.601. The molecule has 35 heavy (non-hydrogen) atoms. The first-order chi connectivity index (χ1) is 16.5. The lowest BCUT2D eigenvalue weighted by atomic mass is 9.40. The van der Waals surface area contributed by atoms with E-state index in [1.807, 2.05) is 0 Å². The maximum atomic E-state index is 13.1. The van der Waals surface area contributed by atoms with E-state index in [0.717, 1.165) is 32.1 Å². The van der Waals surface area contributed by atoms with Gasteiger partial charge in [-0.1, -0.05) is 37.6 Å². The van der Waals surface area contributed by atoms with Gasteiger partial charge in [0.05, 0.1) is 11.7 Å². The molecule has 4 saturated carbocycles. The Morgan fingerprint density at radius 2 is 1.86 bits per heavy atom. The molecule has 0 saturated heterocycles. The van der Waals surface area contributed by atoms with Crippen LogP contribution >= 0.6 is 11.6 Å². The molecular weight excluding hydrogens is 464 g/mol. The predicted molar refractivity (Wildman–Crippen MR) is 134 cm³/mol. The van der Waals surface area contributed by atoms with Gasteiger partial charge in [-0.15, -0.1) is 0 Å². The molecular formula is C29H37ClO5. The molecule has 1 aromatic rings. The molecule has 6 heteroatoms. The summed E-state index contributed by atoms with van der Waals surface area (Å²) in [7, 11) is 0. The number of fused-ring (bicyclic) bond motifs is 3. The predicted octanol–water partition coefficient (Wildman–Crippen LogP) is 5.98. The summed E-state index contributed by atoms with van der Waals surface area (Å²) in [6, 6.07) is 6.69. The molecule has 2 bridgehead atoms. The highest BCUT2D eigenvalue weighted by atomic mass is 35.5. The second kappa shape index (κ2) is 8.62. The quantitative estimate of drug-likeness (QED) is 0.406. The van der Waals surface area contributed by atoms with Gasteiger partial charge in [-0.25, -0.2) is 4.79 Å². The summed E-state index contributed by atoms with van der Waals surface area (Å²) in [6.07, 6.45) is 5.58. The minimum Gasteiger partial charge on any atom is -0.465 e. The van der Waals surface area contributed by atoms with E-state index < -0.39 is 23.6 Å². The minimum absolute atomic E-state index is 0.0348. The van der Waals surface area contributed by atoms with Crippen molar-refractivity contribution >= 4 is 23.5 Å². The molecule has 1 spiro atoms. The number of hydrogen-bond donors (Lipinski definition) is 1. The van der Waals surface area contributed by atoms with E-state index in [1.54, 1.807) is 24.3 Å². The molecule has 0 amide bonds. The lowest BCUT2D eigenvalue weighted by Gasteiger charge is -2.66. The van der Waals surface area contributed by atoms with Crippen molar-refractivity contribution in [3.8, 4) is 0 Å². The van der Waals surface area contributed by atoms with E-state index in [2.05, 4.69) is 20.4 Å². The van der Waals surface area contributed by atoms with Crippen molar-refractivity contribution in [2.75, 3.05) is 6.61 Å². The highest BCUT2D eigenvalue weighted by Crippen LogP contribution is 2.72. The fraction of sp³-hybridized carbons (Fsp3) is 0.655. The molecule has 0 aromatic heterocycles. The average molecular weight is 501 g/mol. The largest absolute Gasteiger partial charge is 0.465 e. The SMILES string of the molecule is C=C1C[C@]23C[C@@H]1CC[C@H]2[C@]1(C)CC[C@@H](OC(=O)c2ccc(Cl)cc2)[C@](C)(COC(C)=O)C1C[C@@H]3O. The third-order valence-corrected chi connectivity index (χ3v) is 10.6. The molecule has 1 unspecified atom stereocenters. The number of ether oxygens (including phenoxy) is 2. The maximum absolute atomic E-state index is 13.1. The smallest absolute Gasteiger partial charge is 0.338 e. The van der Waals surface area contributed by atoms with E-state index >= 15 is 0 Å². The van der Waals surface area contributed by atoms with Crippen LogP contribution in [0.2, 0.25) is 5.02 Å². The van der Waals surface area contributed by atoms with E-state index in [9.17, 15) is 14.7 Å². The third kappa shape index (κ3) is 3.85. The Morgan fingerprint density at radius 1 is 1.14 bits per heavy atom. The number of rotatable bonds is 4. The zero-order valence-electron chi connectivity index (χ0n) is 21.0. The summed E-state index contributed by atoms with van der Waals surface area (Å²) in [5, 5.41) is 12.2. The Balaban J connectivity index is 1.48. The average Bonchev–Trinajstić information content (AvgIpc) is 3.06. The van der Waals surface area contributed by atoms with Gasteiger partial charge >= 0.3 is 11.9 Å². The number of aliphatic hydroxyl groups excluding tert-OH is 1. The fourth-order valence-corrected chi connectivity index (χ4v) is 8.83. The summed E-state index contributed by atoms with van der Waals surface area (Å²) < 4.78 is 11.8. The summed E-state index contributed by atoms with van der Waals surface area (Å²) >= 11 is 5.99. The van der Waals surface area contributed by atoms with Gasteiger partial charge in [0.25, 0.3) is 0 Å². The van der Waals surface area contributed by atoms with Crippen molar-refractivity contribution in [2.24, 2.45) is 34.0 Å². The Kier molecular flexibility index (Phi) is 6.12. The van der Waals surface area contributed by atoms with Crippen LogP contribution in [0.4, 0.5) is 0 Å². The van der Waals surface area contributed by atoms with Gasteiger partial charge in [-0.2, -0.15) is 0 Å². The number of halogens is 1. The standard InChI is InChI=1S/C29H37ClO5/c1-17-14-29-15-20(17)7-10-22(29)27(3)12-11-25(35-26(33)19-5-8-21(30)9-6-19)28(4,16-34-18(2)31)23(27)13-24(29)32/h5-6,8-9,20,22-25,32H,1,7,10-16H2,2-4H3/t20-,22-,23?,24-,25+,27-,28+,29-/m0/s1. The first-order valence-electron chi connectivity index (χ1n) is 13.0. The van der Waals surface area contributed by atoms with Crippen LogP contribution in [-0.2, 0) is 14.3 Å². The van der Waals surface area contributed by atoms with Crippen LogP contribution < -0.4 is 0 Å². The maximum Gasteiger partial charge on any atom is 0.338 e. The fourth-order valence-electron chi connectivity index (χ4n) is 8.71.